The zero-order chi connectivity index (χ0) is 15.5. The molecule has 1 fully saturated rings. The Balaban J connectivity index is 1.80. The summed E-state index contributed by atoms with van der Waals surface area (Å²) in [7, 11) is 0. The number of nitrogens with one attached hydrogen (secondary N) is 1. The van der Waals surface area contributed by atoms with Gasteiger partial charge in [-0.1, -0.05) is 29.3 Å². The number of carbonyl (C=O) groups excluding carboxylic acids is 1. The molecule has 0 aliphatic carbocycles. The van der Waals surface area contributed by atoms with E-state index in [1.807, 2.05) is 6.07 Å². The summed E-state index contributed by atoms with van der Waals surface area (Å²) in [6.07, 6.45) is 5.69. The number of nitrogens with zero attached hydrogens (tertiary/aromatic N) is 2. The van der Waals surface area contributed by atoms with Gasteiger partial charge in [0, 0.05) is 19.3 Å². The Bertz CT molecular complexity index is 700. The predicted octanol–water partition coefficient (Wildman–Crippen LogP) is 4.24. The molecule has 0 radical (unpaired) electrons. The van der Waals surface area contributed by atoms with E-state index in [1.54, 1.807) is 30.6 Å². The molecule has 1 aliphatic rings. The summed E-state index contributed by atoms with van der Waals surface area (Å²) in [5.41, 5.74) is 1.97. The fourth-order valence-corrected chi connectivity index (χ4v) is 2.84. The number of anilines is 2. The zero-order valence-electron chi connectivity index (χ0n) is 11.9. The largest absolute Gasteiger partial charge is 0.370 e. The first-order valence-corrected chi connectivity index (χ1v) is 7.86. The first-order chi connectivity index (χ1) is 10.6. The normalized spacial score (nSPS) is 14.2. The summed E-state index contributed by atoms with van der Waals surface area (Å²) in [6, 6.07) is 6.98. The molecule has 0 atom stereocenters. The van der Waals surface area contributed by atoms with E-state index in [0.29, 0.717) is 21.3 Å². The van der Waals surface area contributed by atoms with Crippen molar-refractivity contribution in [2.75, 3.05) is 23.3 Å². The lowest BCUT2D eigenvalue weighted by Gasteiger charge is -2.17. The van der Waals surface area contributed by atoms with Gasteiger partial charge in [-0.05, 0) is 31.0 Å². The van der Waals surface area contributed by atoms with Gasteiger partial charge in [0.1, 0.15) is 0 Å². The van der Waals surface area contributed by atoms with Crippen LogP contribution in [0, 0.1) is 0 Å². The maximum absolute atomic E-state index is 12.4. The fraction of sp³-hybridized carbons (Fsp3) is 0.250. The van der Waals surface area contributed by atoms with E-state index in [2.05, 4.69) is 15.2 Å². The van der Waals surface area contributed by atoms with Crippen LogP contribution >= 0.6 is 23.2 Å². The van der Waals surface area contributed by atoms with Crippen molar-refractivity contribution in [3.63, 3.8) is 0 Å². The number of halogens is 2. The molecule has 1 aromatic carbocycles. The molecule has 4 nitrogen and oxygen atoms in total. The van der Waals surface area contributed by atoms with Gasteiger partial charge in [-0.25, -0.2) is 0 Å². The lowest BCUT2D eigenvalue weighted by molar-refractivity contribution is 0.102. The van der Waals surface area contributed by atoms with Crippen molar-refractivity contribution in [2.24, 2.45) is 0 Å². The summed E-state index contributed by atoms with van der Waals surface area (Å²) in [6.45, 7) is 2.01. The number of hydrogen-bond acceptors (Lipinski definition) is 3. The number of aromatic nitrogens is 1. The number of benzene rings is 1. The van der Waals surface area contributed by atoms with Crippen LogP contribution in [0.2, 0.25) is 10.0 Å². The first-order valence-electron chi connectivity index (χ1n) is 7.10. The SMILES string of the molecule is O=C(Nc1cccc(Cl)c1Cl)c1cncc(N2CCCC2)c1. The van der Waals surface area contributed by atoms with Crippen molar-refractivity contribution in [3.05, 3.63) is 52.3 Å². The van der Waals surface area contributed by atoms with Gasteiger partial charge in [0.25, 0.3) is 5.91 Å². The molecular formula is C16H15Cl2N3O. The lowest BCUT2D eigenvalue weighted by Crippen LogP contribution is -2.19. The Morgan fingerprint density at radius 2 is 1.95 bits per heavy atom. The second kappa shape index (κ2) is 6.55. The quantitative estimate of drug-likeness (QED) is 0.912. The molecule has 2 aromatic rings. The molecule has 114 valence electrons. The molecule has 0 bridgehead atoms. The minimum Gasteiger partial charge on any atom is -0.370 e. The molecule has 1 saturated heterocycles. The van der Waals surface area contributed by atoms with E-state index in [1.165, 1.54) is 12.8 Å². The summed E-state index contributed by atoms with van der Waals surface area (Å²) >= 11 is 12.0. The summed E-state index contributed by atoms with van der Waals surface area (Å²) in [4.78, 5) is 18.8. The van der Waals surface area contributed by atoms with E-state index in [0.717, 1.165) is 18.8 Å². The third-order valence-electron chi connectivity index (χ3n) is 3.66. The summed E-state index contributed by atoms with van der Waals surface area (Å²) < 4.78 is 0. The number of hydrogen-bond donors (Lipinski definition) is 1. The molecule has 22 heavy (non-hydrogen) atoms. The van der Waals surface area contributed by atoms with Gasteiger partial charge in [0.05, 0.1) is 33.2 Å². The Labute approximate surface area is 139 Å². The highest BCUT2D eigenvalue weighted by Gasteiger charge is 2.15. The Morgan fingerprint density at radius 1 is 1.18 bits per heavy atom. The van der Waals surface area contributed by atoms with Crippen LogP contribution in [0.5, 0.6) is 0 Å². The van der Waals surface area contributed by atoms with Crippen LogP contribution in [0.25, 0.3) is 0 Å². The molecule has 6 heteroatoms. The second-order valence-corrected chi connectivity index (χ2v) is 5.97. The Morgan fingerprint density at radius 3 is 2.73 bits per heavy atom. The van der Waals surface area contributed by atoms with Gasteiger partial charge in [0.15, 0.2) is 0 Å². The van der Waals surface area contributed by atoms with Crippen LogP contribution in [-0.4, -0.2) is 24.0 Å². The molecule has 1 amide bonds. The maximum Gasteiger partial charge on any atom is 0.257 e. The van der Waals surface area contributed by atoms with Gasteiger partial charge in [-0.3, -0.25) is 9.78 Å². The van der Waals surface area contributed by atoms with E-state index < -0.39 is 0 Å². The van der Waals surface area contributed by atoms with Gasteiger partial charge < -0.3 is 10.2 Å². The highest BCUT2D eigenvalue weighted by molar-refractivity contribution is 6.44. The summed E-state index contributed by atoms with van der Waals surface area (Å²) in [5.74, 6) is -0.252. The molecule has 2 heterocycles. The standard InChI is InChI=1S/C16H15Cl2N3O/c17-13-4-3-5-14(15(13)18)20-16(22)11-8-12(10-19-9-11)21-6-1-2-7-21/h3-5,8-10H,1-2,6-7H2,(H,20,22). The van der Waals surface area contributed by atoms with Gasteiger partial charge in [-0.2, -0.15) is 0 Å². The molecule has 0 unspecified atom stereocenters. The summed E-state index contributed by atoms with van der Waals surface area (Å²) in [5, 5.41) is 3.51. The minimum atomic E-state index is -0.252. The average Bonchev–Trinajstić information content (AvgIpc) is 3.06. The maximum atomic E-state index is 12.4. The predicted molar refractivity (Wildman–Crippen MR) is 90.1 cm³/mol. The fourth-order valence-electron chi connectivity index (χ4n) is 2.50. The molecule has 3 rings (SSSR count). The van der Waals surface area contributed by atoms with Crippen LogP contribution in [-0.2, 0) is 0 Å². The molecule has 1 N–H and O–H groups in total. The molecule has 0 spiro atoms. The highest BCUT2D eigenvalue weighted by atomic mass is 35.5. The molecular weight excluding hydrogens is 321 g/mol. The van der Waals surface area contributed by atoms with Crippen molar-refractivity contribution in [2.45, 2.75) is 12.8 Å². The van der Waals surface area contributed by atoms with Crippen molar-refractivity contribution in [1.29, 1.82) is 0 Å². The average molecular weight is 336 g/mol. The number of carbonyl (C=O) groups is 1. The zero-order valence-corrected chi connectivity index (χ0v) is 13.4. The van der Waals surface area contributed by atoms with Crippen LogP contribution in [0.15, 0.2) is 36.7 Å². The van der Waals surface area contributed by atoms with Crippen LogP contribution in [0.1, 0.15) is 23.2 Å². The van der Waals surface area contributed by atoms with Crippen molar-refractivity contribution in [3.8, 4) is 0 Å². The Kier molecular flexibility index (Phi) is 4.50. The van der Waals surface area contributed by atoms with E-state index in [4.69, 9.17) is 23.2 Å². The molecule has 1 aromatic heterocycles. The number of rotatable bonds is 3. The van der Waals surface area contributed by atoms with Crippen LogP contribution in [0.3, 0.4) is 0 Å². The topological polar surface area (TPSA) is 45.2 Å². The monoisotopic (exact) mass is 335 g/mol. The van der Waals surface area contributed by atoms with Crippen LogP contribution in [0.4, 0.5) is 11.4 Å². The lowest BCUT2D eigenvalue weighted by atomic mass is 10.2. The molecule has 1 aliphatic heterocycles. The van der Waals surface area contributed by atoms with E-state index in [-0.39, 0.29) is 5.91 Å². The second-order valence-electron chi connectivity index (χ2n) is 5.18. The van der Waals surface area contributed by atoms with E-state index in [9.17, 15) is 4.79 Å². The third-order valence-corrected chi connectivity index (χ3v) is 4.48. The highest BCUT2D eigenvalue weighted by Crippen LogP contribution is 2.30. The van der Waals surface area contributed by atoms with Gasteiger partial charge >= 0.3 is 0 Å². The van der Waals surface area contributed by atoms with Gasteiger partial charge in [-0.15, -0.1) is 0 Å². The number of amides is 1. The third kappa shape index (κ3) is 3.18. The minimum absolute atomic E-state index is 0.252. The van der Waals surface area contributed by atoms with Gasteiger partial charge in [0.2, 0.25) is 0 Å². The number of pyridine rings is 1. The van der Waals surface area contributed by atoms with Crippen molar-refractivity contribution >= 4 is 40.5 Å². The van der Waals surface area contributed by atoms with Crippen molar-refractivity contribution in [1.82, 2.24) is 4.98 Å². The van der Waals surface area contributed by atoms with E-state index >= 15 is 0 Å². The Hall–Kier alpha value is -1.78. The molecule has 0 saturated carbocycles. The smallest absolute Gasteiger partial charge is 0.257 e. The van der Waals surface area contributed by atoms with Crippen LogP contribution < -0.4 is 10.2 Å². The van der Waals surface area contributed by atoms with Crippen molar-refractivity contribution < 1.29 is 4.79 Å². The first kappa shape index (κ1) is 15.1.